The number of nitrogens with zero attached hydrogens (tertiary/aromatic N) is 2. The Bertz CT molecular complexity index is 1160. The van der Waals surface area contributed by atoms with Crippen molar-refractivity contribution in [2.24, 2.45) is 0 Å². The van der Waals surface area contributed by atoms with E-state index in [1.165, 1.54) is 22.7 Å². The van der Waals surface area contributed by atoms with Gasteiger partial charge in [0.1, 0.15) is 4.83 Å². The zero-order chi connectivity index (χ0) is 20.5. The van der Waals surface area contributed by atoms with Crippen LogP contribution in [0, 0.1) is 11.6 Å². The molecule has 0 aliphatic heterocycles. The highest BCUT2D eigenvalue weighted by atomic mass is 32.2. The second kappa shape index (κ2) is 8.23. The molecular weight excluding hydrogens is 416 g/mol. The Balaban J connectivity index is 1.56. The van der Waals surface area contributed by atoms with Crippen LogP contribution in [-0.2, 0) is 24.2 Å². The molecule has 0 radical (unpaired) electrons. The summed E-state index contributed by atoms with van der Waals surface area (Å²) in [6.07, 6.45) is 3.75. The van der Waals surface area contributed by atoms with Crippen LogP contribution in [0.5, 0.6) is 0 Å². The first-order valence-electron chi connectivity index (χ1n) is 9.40. The normalized spacial score (nSPS) is 13.1. The molecule has 1 N–H and O–H groups in total. The fraction of sp³-hybridized carbons (Fsp3) is 0.350. The van der Waals surface area contributed by atoms with Crippen molar-refractivity contribution in [1.82, 2.24) is 9.55 Å². The Kier molecular flexibility index (Phi) is 5.69. The lowest BCUT2D eigenvalue weighted by atomic mass is 10.2. The molecule has 29 heavy (non-hydrogen) atoms. The van der Waals surface area contributed by atoms with Crippen LogP contribution in [0.25, 0.3) is 10.2 Å². The third kappa shape index (κ3) is 3.93. The lowest BCUT2D eigenvalue weighted by molar-refractivity contribution is -0.113. The minimum Gasteiger partial charge on any atom is -0.325 e. The Hall–Kier alpha value is -2.26. The average Bonchev–Trinajstić information content (AvgIpc) is 3.26. The lowest BCUT2D eigenvalue weighted by Crippen LogP contribution is -2.24. The molecule has 1 aliphatic carbocycles. The number of halogens is 2. The van der Waals surface area contributed by atoms with Crippen molar-refractivity contribution >= 4 is 44.9 Å². The molecule has 5 nitrogen and oxygen atoms in total. The number of carbonyl (C=O) groups is 1. The van der Waals surface area contributed by atoms with Gasteiger partial charge in [-0.05, 0) is 43.4 Å². The summed E-state index contributed by atoms with van der Waals surface area (Å²) in [5.74, 6) is -2.37. The molecule has 0 unspecified atom stereocenters. The summed E-state index contributed by atoms with van der Waals surface area (Å²) in [6, 6.07) is 3.19. The highest BCUT2D eigenvalue weighted by Gasteiger charge is 2.23. The smallest absolute Gasteiger partial charge is 0.263 e. The average molecular weight is 436 g/mol. The first-order valence-corrected chi connectivity index (χ1v) is 11.2. The number of rotatable bonds is 6. The molecule has 9 heteroatoms. The van der Waals surface area contributed by atoms with E-state index in [9.17, 15) is 18.4 Å². The molecule has 0 saturated heterocycles. The number of amides is 1. The van der Waals surface area contributed by atoms with Crippen molar-refractivity contribution in [1.29, 1.82) is 0 Å². The largest absolute Gasteiger partial charge is 0.325 e. The summed E-state index contributed by atoms with van der Waals surface area (Å²) in [6.45, 7) is 2.51. The van der Waals surface area contributed by atoms with E-state index in [0.717, 1.165) is 53.6 Å². The molecule has 0 spiro atoms. The predicted octanol–water partition coefficient (Wildman–Crippen LogP) is 4.37. The van der Waals surface area contributed by atoms with Crippen LogP contribution >= 0.6 is 23.1 Å². The van der Waals surface area contributed by atoms with Crippen LogP contribution in [0.4, 0.5) is 14.5 Å². The lowest BCUT2D eigenvalue weighted by Gasteiger charge is -2.11. The van der Waals surface area contributed by atoms with E-state index >= 15 is 0 Å². The molecule has 0 bridgehead atoms. The Labute approximate surface area is 174 Å². The molecule has 1 aliphatic rings. The van der Waals surface area contributed by atoms with Gasteiger partial charge in [-0.1, -0.05) is 18.7 Å². The fourth-order valence-corrected chi connectivity index (χ4v) is 5.62. The fourth-order valence-electron chi connectivity index (χ4n) is 3.49. The van der Waals surface area contributed by atoms with Gasteiger partial charge in [-0.3, -0.25) is 14.2 Å². The summed E-state index contributed by atoms with van der Waals surface area (Å²) in [4.78, 5) is 32.0. The first-order chi connectivity index (χ1) is 14.0. The van der Waals surface area contributed by atoms with Crippen molar-refractivity contribution in [3.8, 4) is 0 Å². The Morgan fingerprint density at radius 1 is 1.31 bits per heavy atom. The van der Waals surface area contributed by atoms with Crippen LogP contribution in [0.3, 0.4) is 0 Å². The Morgan fingerprint density at radius 2 is 2.14 bits per heavy atom. The zero-order valence-corrected chi connectivity index (χ0v) is 17.4. The number of hydrogen-bond donors (Lipinski definition) is 1. The van der Waals surface area contributed by atoms with Crippen molar-refractivity contribution in [3.05, 3.63) is 50.6 Å². The molecule has 2 aromatic heterocycles. The number of anilines is 1. The van der Waals surface area contributed by atoms with Crippen molar-refractivity contribution in [3.63, 3.8) is 0 Å². The van der Waals surface area contributed by atoms with Crippen molar-refractivity contribution in [2.45, 2.75) is 44.3 Å². The van der Waals surface area contributed by atoms with Gasteiger partial charge in [-0.15, -0.1) is 11.3 Å². The number of aryl methyl sites for hydroxylation is 2. The summed E-state index contributed by atoms with van der Waals surface area (Å²) in [5.41, 5.74) is 1.28. The zero-order valence-electron chi connectivity index (χ0n) is 15.8. The molecule has 152 valence electrons. The second-order valence-electron chi connectivity index (χ2n) is 6.85. The highest BCUT2D eigenvalue weighted by molar-refractivity contribution is 7.99. The van der Waals surface area contributed by atoms with Crippen LogP contribution in [0.2, 0.25) is 0 Å². The number of hydrogen-bond acceptors (Lipinski definition) is 5. The molecule has 3 aromatic rings. The minimum atomic E-state index is -1.02. The maximum Gasteiger partial charge on any atom is 0.263 e. The van der Waals surface area contributed by atoms with Gasteiger partial charge in [0, 0.05) is 23.2 Å². The van der Waals surface area contributed by atoms with Gasteiger partial charge < -0.3 is 5.32 Å². The number of aromatic nitrogens is 2. The van der Waals surface area contributed by atoms with Gasteiger partial charge >= 0.3 is 0 Å². The molecule has 0 fully saturated rings. The number of nitrogens with one attached hydrogen (secondary N) is 1. The van der Waals surface area contributed by atoms with Crippen molar-refractivity contribution in [2.75, 3.05) is 11.1 Å². The van der Waals surface area contributed by atoms with Crippen LogP contribution in [-0.4, -0.2) is 21.2 Å². The SMILES string of the molecule is CCCn1c(SCC(=O)Nc2ccc(F)c(F)c2)nc2sc3c(c2c1=O)CCC3. The first kappa shape index (κ1) is 20.0. The van der Waals surface area contributed by atoms with E-state index in [0.29, 0.717) is 11.7 Å². The van der Waals surface area contributed by atoms with Crippen LogP contribution in [0.15, 0.2) is 28.2 Å². The molecule has 1 amide bonds. The van der Waals surface area contributed by atoms with E-state index in [2.05, 4.69) is 10.3 Å². The van der Waals surface area contributed by atoms with Crippen LogP contribution < -0.4 is 10.9 Å². The Morgan fingerprint density at radius 3 is 2.90 bits per heavy atom. The summed E-state index contributed by atoms with van der Waals surface area (Å²) in [7, 11) is 0. The molecule has 0 atom stereocenters. The molecule has 1 aromatic carbocycles. The van der Waals surface area contributed by atoms with Gasteiger partial charge in [0.05, 0.1) is 11.1 Å². The van der Waals surface area contributed by atoms with Gasteiger partial charge in [0.15, 0.2) is 16.8 Å². The number of thiophene rings is 1. The number of thioether (sulfide) groups is 1. The predicted molar refractivity (Wildman–Crippen MR) is 112 cm³/mol. The van der Waals surface area contributed by atoms with E-state index in [1.807, 2.05) is 6.92 Å². The number of fused-ring (bicyclic) bond motifs is 3. The maximum atomic E-state index is 13.3. The quantitative estimate of drug-likeness (QED) is 0.461. The van der Waals surface area contributed by atoms with Crippen LogP contribution in [0.1, 0.15) is 30.2 Å². The topological polar surface area (TPSA) is 64.0 Å². The summed E-state index contributed by atoms with van der Waals surface area (Å²) < 4.78 is 28.0. The second-order valence-corrected chi connectivity index (χ2v) is 8.88. The maximum absolute atomic E-state index is 13.3. The van der Waals surface area contributed by atoms with Gasteiger partial charge in [-0.25, -0.2) is 13.8 Å². The highest BCUT2D eigenvalue weighted by Crippen LogP contribution is 2.35. The standard InChI is InChI=1S/C20H19F2N3O2S2/c1-2-8-25-19(27)17-12-4-3-5-15(12)29-18(17)24-20(25)28-10-16(26)23-11-6-7-13(21)14(22)9-11/h6-7,9H,2-5,8,10H2,1H3,(H,23,26). The summed E-state index contributed by atoms with van der Waals surface area (Å²) >= 11 is 2.74. The molecule has 0 saturated carbocycles. The third-order valence-corrected chi connectivity index (χ3v) is 6.93. The molecular formula is C20H19F2N3O2S2. The van der Waals surface area contributed by atoms with Crippen molar-refractivity contribution < 1.29 is 13.6 Å². The summed E-state index contributed by atoms with van der Waals surface area (Å²) in [5, 5.41) is 3.77. The molecule has 2 heterocycles. The van der Waals surface area contributed by atoms with E-state index in [4.69, 9.17) is 0 Å². The van der Waals surface area contributed by atoms with E-state index in [1.54, 1.807) is 15.9 Å². The monoisotopic (exact) mass is 435 g/mol. The van der Waals surface area contributed by atoms with Gasteiger partial charge in [0.2, 0.25) is 5.91 Å². The van der Waals surface area contributed by atoms with E-state index < -0.39 is 11.6 Å². The van der Waals surface area contributed by atoms with Gasteiger partial charge in [0.25, 0.3) is 5.56 Å². The minimum absolute atomic E-state index is 0.00570. The molecule has 4 rings (SSSR count). The number of carbonyl (C=O) groups excluding carboxylic acids is 1. The third-order valence-electron chi connectivity index (χ3n) is 4.77. The van der Waals surface area contributed by atoms with E-state index in [-0.39, 0.29) is 22.9 Å². The van der Waals surface area contributed by atoms with Gasteiger partial charge in [-0.2, -0.15) is 0 Å². The number of benzene rings is 1.